The van der Waals surface area contributed by atoms with E-state index in [0.717, 1.165) is 17.7 Å². The highest BCUT2D eigenvalue weighted by atomic mass is 35.5. The van der Waals surface area contributed by atoms with E-state index >= 15 is 0 Å². The van der Waals surface area contributed by atoms with Gasteiger partial charge < -0.3 is 10.6 Å². The Balaban J connectivity index is 2.12. The molecule has 1 aromatic rings. The van der Waals surface area contributed by atoms with E-state index in [9.17, 15) is 4.79 Å². The average molecular weight is 325 g/mol. The van der Waals surface area contributed by atoms with Crippen LogP contribution in [0, 0.1) is 11.3 Å². The van der Waals surface area contributed by atoms with Gasteiger partial charge in [0.25, 0.3) is 0 Å². The van der Waals surface area contributed by atoms with Crippen molar-refractivity contribution in [3.05, 3.63) is 34.3 Å². The molecule has 2 rings (SSSR count). The van der Waals surface area contributed by atoms with Gasteiger partial charge in [-0.25, -0.2) is 0 Å². The van der Waals surface area contributed by atoms with Crippen LogP contribution in [0.3, 0.4) is 0 Å². The molecule has 1 aliphatic rings. The molecule has 3 nitrogen and oxygen atoms in total. The highest BCUT2D eigenvalue weighted by molar-refractivity contribution is 7.80. The zero-order chi connectivity index (χ0) is 15.8. The first-order valence-corrected chi connectivity index (χ1v) is 7.83. The first-order valence-electron chi connectivity index (χ1n) is 7.04. The Labute approximate surface area is 136 Å². The molecule has 2 N–H and O–H groups in total. The number of rotatable bonds is 3. The molecule has 1 atom stereocenters. The summed E-state index contributed by atoms with van der Waals surface area (Å²) < 4.78 is 0. The SMILES string of the molecule is CC(C)(C)C1CC(=O)N(Cc2ccc(C(N)=S)cc2Cl)C1. The van der Waals surface area contributed by atoms with E-state index in [1.165, 1.54) is 0 Å². The van der Waals surface area contributed by atoms with Crippen molar-refractivity contribution in [1.82, 2.24) is 4.90 Å². The van der Waals surface area contributed by atoms with E-state index in [1.807, 2.05) is 17.0 Å². The Morgan fingerprint density at radius 1 is 1.48 bits per heavy atom. The van der Waals surface area contributed by atoms with Gasteiger partial charge in [-0.05, 0) is 23.0 Å². The number of carbonyl (C=O) groups excluding carboxylic acids is 1. The third-order valence-electron chi connectivity index (χ3n) is 4.14. The second-order valence-electron chi connectivity index (χ2n) is 6.71. The van der Waals surface area contributed by atoms with E-state index in [4.69, 9.17) is 29.6 Å². The minimum Gasteiger partial charge on any atom is -0.389 e. The van der Waals surface area contributed by atoms with Crippen LogP contribution in [0.4, 0.5) is 0 Å². The van der Waals surface area contributed by atoms with Gasteiger partial charge in [0.15, 0.2) is 0 Å². The number of likely N-dealkylation sites (tertiary alicyclic amines) is 1. The molecular formula is C16H21ClN2OS. The number of hydrogen-bond donors (Lipinski definition) is 1. The van der Waals surface area contributed by atoms with Crippen LogP contribution in [0.2, 0.25) is 5.02 Å². The number of hydrogen-bond acceptors (Lipinski definition) is 2. The van der Waals surface area contributed by atoms with Gasteiger partial charge in [-0.2, -0.15) is 0 Å². The third kappa shape index (κ3) is 3.74. The normalized spacial score (nSPS) is 19.1. The lowest BCUT2D eigenvalue weighted by atomic mass is 9.80. The molecular weight excluding hydrogens is 304 g/mol. The van der Waals surface area contributed by atoms with Crippen LogP contribution in [-0.2, 0) is 11.3 Å². The summed E-state index contributed by atoms with van der Waals surface area (Å²) in [5.74, 6) is 0.587. The fraction of sp³-hybridized carbons (Fsp3) is 0.500. The first kappa shape index (κ1) is 16.2. The van der Waals surface area contributed by atoms with E-state index in [0.29, 0.717) is 28.9 Å². The van der Waals surface area contributed by atoms with Crippen LogP contribution in [0.15, 0.2) is 18.2 Å². The lowest BCUT2D eigenvalue weighted by molar-refractivity contribution is -0.128. The molecule has 0 bridgehead atoms. The predicted octanol–water partition coefficient (Wildman–Crippen LogP) is 3.37. The molecule has 5 heteroatoms. The van der Waals surface area contributed by atoms with Crippen molar-refractivity contribution >= 4 is 34.7 Å². The van der Waals surface area contributed by atoms with Crippen LogP contribution < -0.4 is 5.73 Å². The summed E-state index contributed by atoms with van der Waals surface area (Å²) in [6.45, 7) is 7.87. The molecule has 1 heterocycles. The highest BCUT2D eigenvalue weighted by Gasteiger charge is 2.36. The van der Waals surface area contributed by atoms with Crippen molar-refractivity contribution in [1.29, 1.82) is 0 Å². The van der Waals surface area contributed by atoms with E-state index < -0.39 is 0 Å². The summed E-state index contributed by atoms with van der Waals surface area (Å²) in [5, 5.41) is 0.604. The maximum absolute atomic E-state index is 12.2. The zero-order valence-electron chi connectivity index (χ0n) is 12.6. The number of nitrogens with zero attached hydrogens (tertiary/aromatic N) is 1. The molecule has 1 aromatic carbocycles. The van der Waals surface area contributed by atoms with Gasteiger partial charge in [0.05, 0.1) is 0 Å². The predicted molar refractivity (Wildman–Crippen MR) is 90.3 cm³/mol. The fourth-order valence-electron chi connectivity index (χ4n) is 2.54. The Morgan fingerprint density at radius 3 is 2.62 bits per heavy atom. The van der Waals surface area contributed by atoms with Gasteiger partial charge in [-0.3, -0.25) is 4.79 Å². The number of halogens is 1. The van der Waals surface area contributed by atoms with Gasteiger partial charge >= 0.3 is 0 Å². The molecule has 1 amide bonds. The van der Waals surface area contributed by atoms with Crippen LogP contribution in [-0.4, -0.2) is 22.3 Å². The van der Waals surface area contributed by atoms with Crippen molar-refractivity contribution < 1.29 is 4.79 Å². The molecule has 1 fully saturated rings. The number of thiocarbonyl (C=S) groups is 1. The van der Waals surface area contributed by atoms with Gasteiger partial charge in [0.1, 0.15) is 4.99 Å². The topological polar surface area (TPSA) is 46.3 Å². The molecule has 1 aliphatic heterocycles. The minimum atomic E-state index is 0.143. The van der Waals surface area contributed by atoms with Crippen molar-refractivity contribution in [2.45, 2.75) is 33.7 Å². The Morgan fingerprint density at radius 2 is 2.14 bits per heavy atom. The number of amides is 1. The van der Waals surface area contributed by atoms with Crippen LogP contribution in [0.1, 0.15) is 38.3 Å². The molecule has 21 heavy (non-hydrogen) atoms. The third-order valence-corrected chi connectivity index (χ3v) is 4.73. The summed E-state index contributed by atoms with van der Waals surface area (Å²) in [6.07, 6.45) is 0.617. The maximum Gasteiger partial charge on any atom is 0.223 e. The highest BCUT2D eigenvalue weighted by Crippen LogP contribution is 2.35. The Bertz CT molecular complexity index is 580. The van der Waals surface area contributed by atoms with E-state index in [-0.39, 0.29) is 11.3 Å². The van der Waals surface area contributed by atoms with Crippen molar-refractivity contribution in [2.75, 3.05) is 6.54 Å². The molecule has 0 spiro atoms. The molecule has 0 radical (unpaired) electrons. The van der Waals surface area contributed by atoms with Crippen LogP contribution >= 0.6 is 23.8 Å². The van der Waals surface area contributed by atoms with Gasteiger partial charge in [0, 0.05) is 30.1 Å². The van der Waals surface area contributed by atoms with E-state index in [1.54, 1.807) is 6.07 Å². The number of carbonyl (C=O) groups is 1. The van der Waals surface area contributed by atoms with Gasteiger partial charge in [-0.15, -0.1) is 0 Å². The average Bonchev–Trinajstić information content (AvgIpc) is 2.73. The summed E-state index contributed by atoms with van der Waals surface area (Å²) >= 11 is 11.2. The quantitative estimate of drug-likeness (QED) is 0.867. The first-order chi connectivity index (χ1) is 9.68. The molecule has 0 saturated carbocycles. The summed E-state index contributed by atoms with van der Waals surface area (Å²) in [6, 6.07) is 5.51. The van der Waals surface area contributed by atoms with Gasteiger partial charge in [-0.1, -0.05) is 56.7 Å². The molecule has 0 aliphatic carbocycles. The smallest absolute Gasteiger partial charge is 0.223 e. The summed E-state index contributed by atoms with van der Waals surface area (Å²) in [5.41, 5.74) is 7.41. The van der Waals surface area contributed by atoms with Crippen LogP contribution in [0.25, 0.3) is 0 Å². The lowest BCUT2D eigenvalue weighted by Crippen LogP contribution is -2.27. The largest absolute Gasteiger partial charge is 0.389 e. The monoisotopic (exact) mass is 324 g/mol. The second kappa shape index (κ2) is 5.93. The molecule has 1 saturated heterocycles. The Kier molecular flexibility index (Phi) is 4.59. The molecule has 114 valence electrons. The number of benzene rings is 1. The second-order valence-corrected chi connectivity index (χ2v) is 7.56. The zero-order valence-corrected chi connectivity index (χ0v) is 14.2. The molecule has 0 aromatic heterocycles. The van der Waals surface area contributed by atoms with Crippen molar-refractivity contribution in [3.63, 3.8) is 0 Å². The van der Waals surface area contributed by atoms with Crippen LogP contribution in [0.5, 0.6) is 0 Å². The van der Waals surface area contributed by atoms with Crippen molar-refractivity contribution in [2.24, 2.45) is 17.1 Å². The maximum atomic E-state index is 12.2. The number of nitrogens with two attached hydrogens (primary N) is 1. The summed E-state index contributed by atoms with van der Waals surface area (Å²) in [4.78, 5) is 14.4. The fourth-order valence-corrected chi connectivity index (χ4v) is 2.91. The minimum absolute atomic E-state index is 0.143. The van der Waals surface area contributed by atoms with Crippen molar-refractivity contribution in [3.8, 4) is 0 Å². The van der Waals surface area contributed by atoms with Gasteiger partial charge in [0.2, 0.25) is 5.91 Å². The van der Waals surface area contributed by atoms with E-state index in [2.05, 4.69) is 20.8 Å². The Hall–Kier alpha value is -1.13. The standard InChI is InChI=1S/C16H21ClN2OS/c1-16(2,3)12-7-14(20)19(9-12)8-11-5-4-10(15(18)21)6-13(11)17/h4-6,12H,7-9H2,1-3H3,(H2,18,21). The summed E-state index contributed by atoms with van der Waals surface area (Å²) in [7, 11) is 0. The lowest BCUT2D eigenvalue weighted by Gasteiger charge is -2.26. The molecule has 1 unspecified atom stereocenters.